The minimum Gasteiger partial charge on any atom is -0.389 e. The SMILES string of the molecule is Cl.NC[C@H]1C[C@H](c2nnc(CO)s2)C1. The van der Waals surface area contributed by atoms with Gasteiger partial charge in [-0.1, -0.05) is 11.3 Å². The molecule has 14 heavy (non-hydrogen) atoms. The summed E-state index contributed by atoms with van der Waals surface area (Å²) < 4.78 is 0. The predicted molar refractivity (Wildman–Crippen MR) is 57.6 cm³/mol. The zero-order valence-electron chi connectivity index (χ0n) is 7.72. The maximum absolute atomic E-state index is 8.81. The maximum atomic E-state index is 8.81. The molecule has 1 fully saturated rings. The minimum absolute atomic E-state index is 0. The van der Waals surface area contributed by atoms with Gasteiger partial charge in [0.05, 0.1) is 6.61 Å². The van der Waals surface area contributed by atoms with Gasteiger partial charge in [-0.3, -0.25) is 0 Å². The number of nitrogens with two attached hydrogens (primary N) is 1. The first kappa shape index (κ1) is 11.8. The molecule has 6 heteroatoms. The van der Waals surface area contributed by atoms with Gasteiger partial charge in [-0.05, 0) is 25.3 Å². The van der Waals surface area contributed by atoms with Crippen molar-refractivity contribution < 1.29 is 5.11 Å². The van der Waals surface area contributed by atoms with Crippen LogP contribution in [0.25, 0.3) is 0 Å². The molecule has 1 saturated carbocycles. The fourth-order valence-corrected chi connectivity index (χ4v) is 2.45. The summed E-state index contributed by atoms with van der Waals surface area (Å²) >= 11 is 1.52. The molecule has 0 spiro atoms. The summed E-state index contributed by atoms with van der Waals surface area (Å²) in [6, 6.07) is 0. The molecule has 0 amide bonds. The summed E-state index contributed by atoms with van der Waals surface area (Å²) in [5, 5.41) is 18.5. The number of aromatic nitrogens is 2. The van der Waals surface area contributed by atoms with Crippen LogP contribution >= 0.6 is 23.7 Å². The van der Waals surface area contributed by atoms with E-state index in [2.05, 4.69) is 10.2 Å². The third-order valence-corrected chi connectivity index (χ3v) is 3.61. The highest BCUT2D eigenvalue weighted by Crippen LogP contribution is 2.41. The molecule has 3 N–H and O–H groups in total. The first-order valence-corrected chi connectivity index (χ1v) is 5.28. The van der Waals surface area contributed by atoms with Crippen LogP contribution in [-0.2, 0) is 6.61 Å². The molecule has 0 atom stereocenters. The average molecular weight is 236 g/mol. The summed E-state index contributed by atoms with van der Waals surface area (Å²) in [5.74, 6) is 1.22. The van der Waals surface area contributed by atoms with Crippen molar-refractivity contribution >= 4 is 23.7 Å². The summed E-state index contributed by atoms with van der Waals surface area (Å²) in [5.41, 5.74) is 5.53. The van der Waals surface area contributed by atoms with Crippen LogP contribution in [0.15, 0.2) is 0 Å². The van der Waals surface area contributed by atoms with E-state index in [0.29, 0.717) is 16.8 Å². The van der Waals surface area contributed by atoms with Gasteiger partial charge < -0.3 is 10.8 Å². The van der Waals surface area contributed by atoms with Gasteiger partial charge in [-0.2, -0.15) is 0 Å². The maximum Gasteiger partial charge on any atom is 0.143 e. The van der Waals surface area contributed by atoms with Crippen molar-refractivity contribution in [1.82, 2.24) is 10.2 Å². The molecule has 0 aliphatic heterocycles. The Labute approximate surface area is 93.0 Å². The van der Waals surface area contributed by atoms with Gasteiger partial charge in [0.1, 0.15) is 10.0 Å². The van der Waals surface area contributed by atoms with Crippen LogP contribution in [0, 0.1) is 5.92 Å². The summed E-state index contributed by atoms with van der Waals surface area (Å²) in [6.07, 6.45) is 2.27. The lowest BCUT2D eigenvalue weighted by atomic mass is 9.75. The number of hydrogen-bond donors (Lipinski definition) is 2. The highest BCUT2D eigenvalue weighted by atomic mass is 35.5. The quantitative estimate of drug-likeness (QED) is 0.817. The standard InChI is InChI=1S/C8H13N3OS.ClH/c9-3-5-1-6(2-5)8-11-10-7(4-12)13-8;/h5-6,12H,1-4,9H2;1H/t5-,6-;. The second kappa shape index (κ2) is 5.02. The first-order chi connectivity index (χ1) is 6.33. The molecule has 2 rings (SSSR count). The Kier molecular flexibility index (Phi) is 4.25. The van der Waals surface area contributed by atoms with E-state index in [1.54, 1.807) is 0 Å². The van der Waals surface area contributed by atoms with Gasteiger partial charge in [-0.25, -0.2) is 0 Å². The Morgan fingerprint density at radius 2 is 2.14 bits per heavy atom. The minimum atomic E-state index is 0. The number of nitrogens with zero attached hydrogens (tertiary/aromatic N) is 2. The topological polar surface area (TPSA) is 72.0 Å². The Morgan fingerprint density at radius 1 is 1.43 bits per heavy atom. The van der Waals surface area contributed by atoms with Crippen LogP contribution in [-0.4, -0.2) is 21.8 Å². The van der Waals surface area contributed by atoms with Crippen molar-refractivity contribution in [3.8, 4) is 0 Å². The van der Waals surface area contributed by atoms with Gasteiger partial charge in [0.15, 0.2) is 0 Å². The summed E-state index contributed by atoms with van der Waals surface area (Å²) in [6.45, 7) is 0.785. The second-order valence-electron chi connectivity index (χ2n) is 3.46. The molecule has 0 saturated heterocycles. The first-order valence-electron chi connectivity index (χ1n) is 4.46. The van der Waals surface area contributed by atoms with Crippen LogP contribution in [0.2, 0.25) is 0 Å². The fraction of sp³-hybridized carbons (Fsp3) is 0.750. The van der Waals surface area contributed by atoms with Crippen LogP contribution < -0.4 is 5.73 Å². The average Bonchev–Trinajstić information content (AvgIpc) is 2.51. The third kappa shape index (κ3) is 2.23. The van der Waals surface area contributed by atoms with E-state index in [1.165, 1.54) is 11.3 Å². The number of aliphatic hydroxyl groups excluding tert-OH is 1. The van der Waals surface area contributed by atoms with Crippen LogP contribution in [0.4, 0.5) is 0 Å². The number of rotatable bonds is 3. The van der Waals surface area contributed by atoms with Crippen molar-refractivity contribution in [2.75, 3.05) is 6.54 Å². The zero-order valence-corrected chi connectivity index (χ0v) is 9.35. The lowest BCUT2D eigenvalue weighted by Crippen LogP contribution is -2.28. The summed E-state index contributed by atoms with van der Waals surface area (Å²) in [4.78, 5) is 0. The number of aliphatic hydroxyl groups is 1. The molecule has 4 nitrogen and oxygen atoms in total. The van der Waals surface area contributed by atoms with Crippen LogP contribution in [0.3, 0.4) is 0 Å². The number of halogens is 1. The predicted octanol–water partition coefficient (Wildman–Crippen LogP) is 0.905. The van der Waals surface area contributed by atoms with Crippen molar-refractivity contribution in [3.63, 3.8) is 0 Å². The summed E-state index contributed by atoms with van der Waals surface area (Å²) in [7, 11) is 0. The second-order valence-corrected chi connectivity index (χ2v) is 4.56. The molecule has 0 unspecified atom stereocenters. The Hall–Kier alpha value is -0.230. The van der Waals surface area contributed by atoms with Crippen molar-refractivity contribution in [1.29, 1.82) is 0 Å². The van der Waals surface area contributed by atoms with E-state index in [4.69, 9.17) is 10.8 Å². The van der Waals surface area contributed by atoms with E-state index in [-0.39, 0.29) is 19.0 Å². The zero-order chi connectivity index (χ0) is 9.26. The third-order valence-electron chi connectivity index (χ3n) is 2.54. The monoisotopic (exact) mass is 235 g/mol. The fourth-order valence-electron chi connectivity index (χ4n) is 1.63. The Bertz CT molecular complexity index is 288. The Balaban J connectivity index is 0.000000980. The molecule has 80 valence electrons. The molecule has 0 radical (unpaired) electrons. The largest absolute Gasteiger partial charge is 0.389 e. The molecule has 1 aliphatic rings. The van der Waals surface area contributed by atoms with Gasteiger partial charge >= 0.3 is 0 Å². The van der Waals surface area contributed by atoms with Gasteiger partial charge in [0, 0.05) is 5.92 Å². The van der Waals surface area contributed by atoms with Gasteiger partial charge in [0.2, 0.25) is 0 Å². The molecule has 1 heterocycles. The van der Waals surface area contributed by atoms with Crippen LogP contribution in [0.1, 0.15) is 28.8 Å². The van der Waals surface area contributed by atoms with E-state index in [0.717, 1.165) is 24.4 Å². The van der Waals surface area contributed by atoms with Crippen molar-refractivity contribution in [2.45, 2.75) is 25.4 Å². The lowest BCUT2D eigenvalue weighted by Gasteiger charge is -2.32. The normalized spacial score (nSPS) is 25.3. The van der Waals surface area contributed by atoms with E-state index >= 15 is 0 Å². The molecule has 0 aromatic carbocycles. The molecular formula is C8H14ClN3OS. The van der Waals surface area contributed by atoms with Crippen LogP contribution in [0.5, 0.6) is 0 Å². The smallest absolute Gasteiger partial charge is 0.143 e. The van der Waals surface area contributed by atoms with Crippen molar-refractivity contribution in [3.05, 3.63) is 10.0 Å². The molecule has 1 aliphatic carbocycles. The van der Waals surface area contributed by atoms with Gasteiger partial charge in [-0.15, -0.1) is 22.6 Å². The lowest BCUT2D eigenvalue weighted by molar-refractivity contribution is 0.270. The molecular weight excluding hydrogens is 222 g/mol. The highest BCUT2D eigenvalue weighted by Gasteiger charge is 2.31. The van der Waals surface area contributed by atoms with E-state index < -0.39 is 0 Å². The van der Waals surface area contributed by atoms with E-state index in [9.17, 15) is 0 Å². The van der Waals surface area contributed by atoms with Crippen molar-refractivity contribution in [2.24, 2.45) is 11.7 Å². The Morgan fingerprint density at radius 3 is 2.64 bits per heavy atom. The van der Waals surface area contributed by atoms with E-state index in [1.807, 2.05) is 0 Å². The molecule has 1 aromatic heterocycles. The van der Waals surface area contributed by atoms with Gasteiger partial charge in [0.25, 0.3) is 0 Å². The highest BCUT2D eigenvalue weighted by molar-refractivity contribution is 7.11. The molecule has 0 bridgehead atoms. The number of hydrogen-bond acceptors (Lipinski definition) is 5. The molecule has 1 aromatic rings.